The van der Waals surface area contributed by atoms with E-state index in [-0.39, 0.29) is 11.5 Å². The van der Waals surface area contributed by atoms with Crippen LogP contribution in [-0.2, 0) is 0 Å². The number of carbonyl (C=O) groups is 1. The Labute approximate surface area is 122 Å². The topological polar surface area (TPSA) is 69.2 Å². The highest BCUT2D eigenvalue weighted by molar-refractivity contribution is 5.94. The largest absolute Gasteiger partial charge is 0.508 e. The van der Waals surface area contributed by atoms with E-state index in [1.165, 1.54) is 0 Å². The van der Waals surface area contributed by atoms with Crippen LogP contribution in [0.2, 0.25) is 0 Å². The molecule has 21 heavy (non-hydrogen) atoms. The van der Waals surface area contributed by atoms with Gasteiger partial charge in [0.05, 0.1) is 11.9 Å². The summed E-state index contributed by atoms with van der Waals surface area (Å²) in [5.41, 5.74) is 8.74. The van der Waals surface area contributed by atoms with E-state index in [0.717, 1.165) is 16.9 Å². The van der Waals surface area contributed by atoms with Crippen LogP contribution in [0.3, 0.4) is 0 Å². The fourth-order valence-corrected chi connectivity index (χ4v) is 2.17. The molecule has 1 heterocycles. The fraction of sp³-hybridized carbons (Fsp3) is 0.0625. The number of nitrogens with two attached hydrogens (primary N) is 1. The second-order valence-electron chi connectivity index (χ2n) is 4.88. The van der Waals surface area contributed by atoms with Crippen molar-refractivity contribution in [2.45, 2.75) is 6.92 Å². The summed E-state index contributed by atoms with van der Waals surface area (Å²) in [6.45, 7) is 1.56. The maximum absolute atomic E-state index is 11.3. The minimum Gasteiger partial charge on any atom is -0.508 e. The number of quaternary nitrogens is 1. The van der Waals surface area contributed by atoms with Crippen LogP contribution < -0.4 is 16.0 Å². The molecule has 0 aromatic heterocycles. The van der Waals surface area contributed by atoms with Crippen LogP contribution in [0.25, 0.3) is 5.70 Å². The number of nitrogens with one attached hydrogen (secondary N) is 1. The van der Waals surface area contributed by atoms with Crippen molar-refractivity contribution in [1.82, 2.24) is 5.53 Å². The molecule has 106 valence electrons. The zero-order chi connectivity index (χ0) is 14.8. The number of carbonyl (C=O) groups excluding carboxylic acids is 1. The van der Waals surface area contributed by atoms with Gasteiger partial charge in [0.25, 0.3) is 0 Å². The molecule has 0 aliphatic carbocycles. The molecule has 1 aliphatic rings. The van der Waals surface area contributed by atoms with Crippen LogP contribution in [0.5, 0.6) is 5.75 Å². The van der Waals surface area contributed by atoms with Gasteiger partial charge in [-0.05, 0) is 43.3 Å². The molecule has 0 saturated carbocycles. The maximum Gasteiger partial charge on any atom is 0.175 e. The molecule has 0 atom stereocenters. The summed E-state index contributed by atoms with van der Waals surface area (Å²) in [6, 6.07) is 14.5. The lowest BCUT2D eigenvalue weighted by Crippen LogP contribution is -2.90. The van der Waals surface area contributed by atoms with Gasteiger partial charge in [-0.1, -0.05) is 17.7 Å². The number of hydrogen-bond donors (Lipinski definition) is 3. The Bertz CT molecular complexity index is 690. The Morgan fingerprint density at radius 2 is 1.76 bits per heavy atom. The van der Waals surface area contributed by atoms with E-state index < -0.39 is 0 Å². The summed E-state index contributed by atoms with van der Waals surface area (Å²) in [7, 11) is 0. The lowest BCUT2D eigenvalue weighted by atomic mass is 10.1. The summed E-state index contributed by atoms with van der Waals surface area (Å²) in [5, 5.41) is 11.2. The second-order valence-corrected chi connectivity index (χ2v) is 4.88. The van der Waals surface area contributed by atoms with Crippen LogP contribution in [-0.4, -0.2) is 10.9 Å². The Morgan fingerprint density at radius 1 is 1.10 bits per heavy atom. The van der Waals surface area contributed by atoms with E-state index in [1.807, 2.05) is 53.0 Å². The van der Waals surface area contributed by atoms with Crippen LogP contribution in [0.1, 0.15) is 22.8 Å². The highest BCUT2D eigenvalue weighted by Gasteiger charge is 2.19. The first-order chi connectivity index (χ1) is 10.1. The molecule has 2 aromatic carbocycles. The standard InChI is InChI=1S/C16H15N3O2/c1-11(20)12-2-4-13(5-3-12)16-10-19(18-17-16)14-6-8-15(21)9-7-14/h2-10,17-18,21H,1H3/p+1. The summed E-state index contributed by atoms with van der Waals surface area (Å²) < 4.78 is 0. The van der Waals surface area contributed by atoms with Gasteiger partial charge in [0, 0.05) is 11.1 Å². The summed E-state index contributed by atoms with van der Waals surface area (Å²) in [6.07, 6.45) is 1.97. The Morgan fingerprint density at radius 3 is 2.38 bits per heavy atom. The van der Waals surface area contributed by atoms with Crippen LogP contribution in [0, 0.1) is 0 Å². The first kappa shape index (κ1) is 13.4. The van der Waals surface area contributed by atoms with Gasteiger partial charge in [-0.15, -0.1) is 0 Å². The van der Waals surface area contributed by atoms with Crippen LogP contribution in [0.4, 0.5) is 5.69 Å². The number of phenols is 1. The molecule has 0 unspecified atom stereocenters. The zero-order valence-electron chi connectivity index (χ0n) is 11.6. The van der Waals surface area contributed by atoms with Gasteiger partial charge in [-0.2, -0.15) is 0 Å². The SMILES string of the molecule is CC(=O)c1ccc(C2=CN(c3ccc(O)cc3)N[NH2+]2)cc1. The van der Waals surface area contributed by atoms with Gasteiger partial charge in [0.2, 0.25) is 0 Å². The molecule has 4 N–H and O–H groups in total. The average molecular weight is 282 g/mol. The third-order valence-corrected chi connectivity index (χ3v) is 3.38. The second kappa shape index (κ2) is 5.40. The van der Waals surface area contributed by atoms with Crippen molar-refractivity contribution in [2.24, 2.45) is 0 Å². The maximum atomic E-state index is 11.3. The molecule has 0 fully saturated rings. The average Bonchev–Trinajstić information content (AvgIpc) is 2.98. The van der Waals surface area contributed by atoms with Gasteiger partial charge in [-0.25, -0.2) is 10.4 Å². The van der Waals surface area contributed by atoms with Crippen molar-refractivity contribution in [1.29, 1.82) is 0 Å². The molecule has 2 aromatic rings. The Balaban J connectivity index is 1.82. The number of hydrogen-bond acceptors (Lipinski definition) is 4. The first-order valence-corrected chi connectivity index (χ1v) is 6.64. The summed E-state index contributed by atoms with van der Waals surface area (Å²) in [4.78, 5) is 11.3. The molecule has 3 rings (SSSR count). The van der Waals surface area contributed by atoms with Gasteiger partial charge in [0.15, 0.2) is 11.5 Å². The molecule has 5 nitrogen and oxygen atoms in total. The normalized spacial score (nSPS) is 14.1. The molecule has 0 amide bonds. The molecule has 0 saturated heterocycles. The summed E-state index contributed by atoms with van der Waals surface area (Å²) in [5.74, 6) is 0.306. The molecular weight excluding hydrogens is 266 g/mol. The van der Waals surface area contributed by atoms with Gasteiger partial charge in [-0.3, -0.25) is 4.79 Å². The molecule has 0 radical (unpaired) electrons. The van der Waals surface area contributed by atoms with E-state index in [0.29, 0.717) is 5.56 Å². The number of phenolic OH excluding ortho intramolecular Hbond substituents is 1. The highest BCUT2D eigenvalue weighted by Crippen LogP contribution is 2.20. The van der Waals surface area contributed by atoms with Crippen LogP contribution in [0.15, 0.2) is 54.7 Å². The van der Waals surface area contributed by atoms with E-state index in [9.17, 15) is 9.90 Å². The number of aromatic hydroxyl groups is 1. The van der Waals surface area contributed by atoms with Crippen LogP contribution >= 0.6 is 0 Å². The predicted octanol–water partition coefficient (Wildman–Crippen LogP) is 1.40. The monoisotopic (exact) mass is 282 g/mol. The number of ketones is 1. The number of anilines is 1. The first-order valence-electron chi connectivity index (χ1n) is 6.64. The minimum atomic E-state index is 0.0646. The third kappa shape index (κ3) is 2.79. The third-order valence-electron chi connectivity index (χ3n) is 3.38. The number of rotatable bonds is 3. The zero-order valence-corrected chi connectivity index (χ0v) is 11.6. The van der Waals surface area contributed by atoms with E-state index in [1.54, 1.807) is 19.1 Å². The molecule has 0 bridgehead atoms. The van der Waals surface area contributed by atoms with Crippen molar-refractivity contribution >= 4 is 17.2 Å². The van der Waals surface area contributed by atoms with E-state index >= 15 is 0 Å². The minimum absolute atomic E-state index is 0.0646. The molecule has 5 heteroatoms. The Kier molecular flexibility index (Phi) is 3.43. The van der Waals surface area contributed by atoms with Gasteiger partial charge < -0.3 is 5.11 Å². The Hall–Kier alpha value is -2.63. The van der Waals surface area contributed by atoms with Crippen molar-refractivity contribution < 1.29 is 15.3 Å². The van der Waals surface area contributed by atoms with E-state index in [2.05, 4.69) is 5.53 Å². The number of hydrazine groups is 1. The summed E-state index contributed by atoms with van der Waals surface area (Å²) >= 11 is 0. The van der Waals surface area contributed by atoms with E-state index in [4.69, 9.17) is 0 Å². The predicted molar refractivity (Wildman–Crippen MR) is 80.1 cm³/mol. The molecule has 0 spiro atoms. The van der Waals surface area contributed by atoms with Crippen molar-refractivity contribution in [3.05, 3.63) is 65.9 Å². The number of Topliss-reactive ketones (excluding diaryl/α,β-unsaturated/α-hetero) is 1. The number of nitrogens with zero attached hydrogens (tertiary/aromatic N) is 1. The lowest BCUT2D eigenvalue weighted by Gasteiger charge is -2.11. The molecular formula is C16H16N3O2+. The van der Waals surface area contributed by atoms with Gasteiger partial charge >= 0.3 is 0 Å². The smallest absolute Gasteiger partial charge is 0.175 e. The van der Waals surface area contributed by atoms with Crippen molar-refractivity contribution in [3.8, 4) is 5.75 Å². The van der Waals surface area contributed by atoms with Gasteiger partial charge in [0.1, 0.15) is 5.75 Å². The number of benzene rings is 2. The fourth-order valence-electron chi connectivity index (χ4n) is 2.17. The molecule has 1 aliphatic heterocycles. The van der Waals surface area contributed by atoms with Crippen molar-refractivity contribution in [2.75, 3.05) is 5.01 Å². The highest BCUT2D eigenvalue weighted by atomic mass is 16.3. The van der Waals surface area contributed by atoms with Crippen molar-refractivity contribution in [3.63, 3.8) is 0 Å². The lowest BCUT2D eigenvalue weighted by molar-refractivity contribution is -0.618. The quantitative estimate of drug-likeness (QED) is 0.588.